The maximum absolute atomic E-state index is 12.9. The lowest BCUT2D eigenvalue weighted by Gasteiger charge is -2.10. The lowest BCUT2D eigenvalue weighted by atomic mass is 10.1. The molecule has 0 saturated carbocycles. The molecule has 19 heavy (non-hydrogen) atoms. The molecule has 2 aromatic rings. The molecule has 0 amide bonds. The van der Waals surface area contributed by atoms with E-state index >= 15 is 0 Å². The first-order valence-corrected chi connectivity index (χ1v) is 5.36. The Bertz CT molecular complexity index is 762. The van der Waals surface area contributed by atoms with Crippen LogP contribution in [0.1, 0.15) is 16.8 Å². The Balaban J connectivity index is 2.46. The van der Waals surface area contributed by atoms with Crippen molar-refractivity contribution in [3.05, 3.63) is 45.2 Å². The maximum atomic E-state index is 12.9. The largest absolute Gasteiger partial charge is 0.471 e. The Labute approximate surface area is 104 Å². The summed E-state index contributed by atoms with van der Waals surface area (Å²) in [5, 5.41) is 7.36. The number of aromatic amines is 1. The molecule has 3 rings (SSSR count). The Morgan fingerprint density at radius 2 is 2.05 bits per heavy atom. The number of hydrogen-bond donors (Lipinski definition) is 2. The minimum Gasteiger partial charge on any atom is -0.471 e. The van der Waals surface area contributed by atoms with Gasteiger partial charge in [-0.2, -0.15) is 13.2 Å². The van der Waals surface area contributed by atoms with Crippen LogP contribution in [0.15, 0.2) is 23.0 Å². The number of hydrogen-bond acceptors (Lipinski definition) is 3. The lowest BCUT2D eigenvalue weighted by molar-refractivity contribution is -0.136. The van der Waals surface area contributed by atoms with Crippen LogP contribution < -0.4 is 5.43 Å². The molecule has 0 unspecified atom stereocenters. The van der Waals surface area contributed by atoms with Gasteiger partial charge in [-0.3, -0.25) is 10.2 Å². The van der Waals surface area contributed by atoms with Gasteiger partial charge in [0.2, 0.25) is 11.3 Å². The van der Waals surface area contributed by atoms with Crippen LogP contribution in [0.5, 0.6) is 0 Å². The standard InChI is InChI=1S/C12H7F3N2O2/c13-12(14,15)6-3-1-2-5-9(6)17-7-4-19-11(16)8(7)10(5)18/h1-3,16H,4H2,(H,17,18). The second-order valence-corrected chi connectivity index (χ2v) is 4.15. The number of halogens is 3. The molecule has 1 aliphatic rings. The average molecular weight is 268 g/mol. The zero-order chi connectivity index (χ0) is 13.8. The molecule has 0 spiro atoms. The molecule has 0 bridgehead atoms. The third-order valence-electron chi connectivity index (χ3n) is 3.01. The third-order valence-corrected chi connectivity index (χ3v) is 3.01. The van der Waals surface area contributed by atoms with E-state index in [1.807, 2.05) is 0 Å². The Hall–Kier alpha value is -2.31. The first-order valence-electron chi connectivity index (χ1n) is 5.36. The van der Waals surface area contributed by atoms with Crippen molar-refractivity contribution in [3.8, 4) is 0 Å². The number of nitrogens with one attached hydrogen (secondary N) is 2. The minimum atomic E-state index is -4.55. The van der Waals surface area contributed by atoms with Gasteiger partial charge < -0.3 is 9.72 Å². The van der Waals surface area contributed by atoms with E-state index in [2.05, 4.69) is 4.98 Å². The molecule has 2 N–H and O–H groups in total. The van der Waals surface area contributed by atoms with Crippen molar-refractivity contribution in [1.29, 1.82) is 5.41 Å². The number of rotatable bonds is 0. The van der Waals surface area contributed by atoms with Gasteiger partial charge in [0.05, 0.1) is 16.8 Å². The highest BCUT2D eigenvalue weighted by Gasteiger charge is 2.34. The summed E-state index contributed by atoms with van der Waals surface area (Å²) in [6.07, 6.45) is -4.55. The van der Waals surface area contributed by atoms with Crippen LogP contribution in [0.2, 0.25) is 0 Å². The normalized spacial score (nSPS) is 14.6. The minimum absolute atomic E-state index is 0.00632. The zero-order valence-electron chi connectivity index (χ0n) is 9.39. The van der Waals surface area contributed by atoms with Crippen molar-refractivity contribution in [2.75, 3.05) is 0 Å². The molecule has 0 aliphatic carbocycles. The topological polar surface area (TPSA) is 65.9 Å². The highest BCUT2D eigenvalue weighted by atomic mass is 19.4. The first-order chi connectivity index (χ1) is 8.89. The third kappa shape index (κ3) is 1.61. The van der Waals surface area contributed by atoms with E-state index in [1.54, 1.807) is 0 Å². The van der Waals surface area contributed by atoms with Crippen LogP contribution in [0.4, 0.5) is 13.2 Å². The molecule has 4 nitrogen and oxygen atoms in total. The van der Waals surface area contributed by atoms with Crippen molar-refractivity contribution in [2.24, 2.45) is 0 Å². The number of benzene rings is 1. The van der Waals surface area contributed by atoms with Crippen molar-refractivity contribution < 1.29 is 17.9 Å². The molecular formula is C12H7F3N2O2. The van der Waals surface area contributed by atoms with Crippen LogP contribution in [-0.4, -0.2) is 10.9 Å². The second-order valence-electron chi connectivity index (χ2n) is 4.15. The van der Waals surface area contributed by atoms with Gasteiger partial charge in [-0.15, -0.1) is 0 Å². The van der Waals surface area contributed by atoms with Crippen LogP contribution in [0.25, 0.3) is 10.9 Å². The molecule has 98 valence electrons. The molecule has 2 heterocycles. The number of aromatic nitrogens is 1. The van der Waals surface area contributed by atoms with Gasteiger partial charge in [-0.1, -0.05) is 6.07 Å². The number of alkyl halides is 3. The fourth-order valence-corrected chi connectivity index (χ4v) is 2.16. The Kier molecular flexibility index (Phi) is 2.23. The van der Waals surface area contributed by atoms with E-state index < -0.39 is 17.2 Å². The summed E-state index contributed by atoms with van der Waals surface area (Å²) in [4.78, 5) is 14.7. The van der Waals surface area contributed by atoms with Crippen molar-refractivity contribution in [2.45, 2.75) is 12.8 Å². The van der Waals surface area contributed by atoms with Gasteiger partial charge in [-0.25, -0.2) is 0 Å². The number of pyridine rings is 1. The maximum Gasteiger partial charge on any atom is 0.418 e. The summed E-state index contributed by atoms with van der Waals surface area (Å²) in [6, 6.07) is 3.38. The monoisotopic (exact) mass is 268 g/mol. The van der Waals surface area contributed by atoms with Gasteiger partial charge in [0, 0.05) is 5.39 Å². The second kappa shape index (κ2) is 3.59. The summed E-state index contributed by atoms with van der Waals surface area (Å²) < 4.78 is 43.5. The summed E-state index contributed by atoms with van der Waals surface area (Å²) in [5.74, 6) is -0.310. The van der Waals surface area contributed by atoms with Crippen molar-refractivity contribution in [1.82, 2.24) is 4.98 Å². The van der Waals surface area contributed by atoms with E-state index in [9.17, 15) is 18.0 Å². The van der Waals surface area contributed by atoms with Gasteiger partial charge in [-0.05, 0) is 12.1 Å². The highest BCUT2D eigenvalue weighted by molar-refractivity contribution is 5.98. The number of para-hydroxylation sites is 1. The number of fused-ring (bicyclic) bond motifs is 2. The molecule has 1 aromatic carbocycles. The fourth-order valence-electron chi connectivity index (χ4n) is 2.16. The van der Waals surface area contributed by atoms with E-state index in [0.717, 1.165) is 6.07 Å². The summed E-state index contributed by atoms with van der Waals surface area (Å²) in [6.45, 7) is -0.0917. The van der Waals surface area contributed by atoms with E-state index in [-0.39, 0.29) is 34.7 Å². The average Bonchev–Trinajstić information content (AvgIpc) is 2.69. The van der Waals surface area contributed by atoms with Crippen molar-refractivity contribution in [3.63, 3.8) is 0 Å². The van der Waals surface area contributed by atoms with Crippen LogP contribution >= 0.6 is 0 Å². The van der Waals surface area contributed by atoms with Gasteiger partial charge >= 0.3 is 6.18 Å². The van der Waals surface area contributed by atoms with Gasteiger partial charge in [0.15, 0.2) is 0 Å². The number of H-pyrrole nitrogens is 1. The fraction of sp³-hybridized carbons (Fsp3) is 0.167. The molecule has 1 aliphatic heterocycles. The Morgan fingerprint density at radius 1 is 1.32 bits per heavy atom. The molecule has 0 fully saturated rings. The summed E-state index contributed by atoms with van der Waals surface area (Å²) >= 11 is 0. The molecule has 0 radical (unpaired) electrons. The number of ether oxygens (including phenoxy) is 1. The molecule has 0 atom stereocenters. The quantitative estimate of drug-likeness (QED) is 0.770. The summed E-state index contributed by atoms with van der Waals surface area (Å²) in [7, 11) is 0. The van der Waals surface area contributed by atoms with Crippen LogP contribution in [0.3, 0.4) is 0 Å². The lowest BCUT2D eigenvalue weighted by Crippen LogP contribution is -2.17. The van der Waals surface area contributed by atoms with Gasteiger partial charge in [0.1, 0.15) is 12.2 Å². The smallest absolute Gasteiger partial charge is 0.418 e. The van der Waals surface area contributed by atoms with Gasteiger partial charge in [0.25, 0.3) is 0 Å². The summed E-state index contributed by atoms with van der Waals surface area (Å²) in [5.41, 5.74) is -1.57. The van der Waals surface area contributed by atoms with Crippen LogP contribution in [0, 0.1) is 5.41 Å². The zero-order valence-corrected chi connectivity index (χ0v) is 9.39. The van der Waals surface area contributed by atoms with E-state index in [0.29, 0.717) is 0 Å². The Morgan fingerprint density at radius 3 is 2.74 bits per heavy atom. The molecule has 0 saturated heterocycles. The molecule has 7 heteroatoms. The van der Waals surface area contributed by atoms with E-state index in [1.165, 1.54) is 12.1 Å². The van der Waals surface area contributed by atoms with Crippen LogP contribution in [-0.2, 0) is 17.5 Å². The predicted octanol–water partition coefficient (Wildman–Crippen LogP) is 2.40. The predicted molar refractivity (Wildman–Crippen MR) is 61.2 cm³/mol. The molecule has 1 aromatic heterocycles. The van der Waals surface area contributed by atoms with Crippen molar-refractivity contribution >= 4 is 16.8 Å². The SMILES string of the molecule is N=C1OCc2[nH]c3c(C(F)(F)F)cccc3c(=O)c21. The molecular weight excluding hydrogens is 261 g/mol. The van der Waals surface area contributed by atoms with E-state index in [4.69, 9.17) is 10.1 Å². The first kappa shape index (κ1) is 11.8. The highest BCUT2D eigenvalue weighted by Crippen LogP contribution is 2.33.